The molecule has 0 bridgehead atoms. The third kappa shape index (κ3) is 4.67. The van der Waals surface area contributed by atoms with E-state index in [1.807, 2.05) is 11.4 Å². The summed E-state index contributed by atoms with van der Waals surface area (Å²) in [5.41, 5.74) is 3.12. The zero-order chi connectivity index (χ0) is 23.7. The number of rotatable bonds is 7. The minimum atomic E-state index is -0.345. The van der Waals surface area contributed by atoms with Crippen LogP contribution >= 0.6 is 11.3 Å². The summed E-state index contributed by atoms with van der Waals surface area (Å²) in [6.07, 6.45) is 1.95. The van der Waals surface area contributed by atoms with Crippen LogP contribution in [0.4, 0.5) is 22.2 Å². The molecule has 1 amide bonds. The molecule has 2 aliphatic heterocycles. The van der Waals surface area contributed by atoms with Crippen molar-refractivity contribution in [2.45, 2.75) is 51.7 Å². The number of hydrogen-bond acceptors (Lipinski definition) is 8. The number of anilines is 3. The lowest BCUT2D eigenvalue weighted by Crippen LogP contribution is -2.38. The minimum Gasteiger partial charge on any atom is -0.447 e. The number of thiophene rings is 1. The molecule has 0 unspecified atom stereocenters. The number of benzene rings is 1. The van der Waals surface area contributed by atoms with Gasteiger partial charge in [0.25, 0.3) is 0 Å². The maximum Gasteiger partial charge on any atom is 0.415 e. The van der Waals surface area contributed by atoms with E-state index in [1.165, 1.54) is 0 Å². The third-order valence-corrected chi connectivity index (χ3v) is 7.56. The van der Waals surface area contributed by atoms with Crippen LogP contribution in [-0.4, -0.2) is 47.8 Å². The number of carbonyl (C=O) groups excluding carboxylic acids is 1. The van der Waals surface area contributed by atoms with Crippen LogP contribution in [0.25, 0.3) is 10.2 Å². The maximum atomic E-state index is 12.6. The Labute approximate surface area is 204 Å². The average Bonchev–Trinajstić information content (AvgIpc) is 3.46. The predicted molar refractivity (Wildman–Crippen MR) is 138 cm³/mol. The normalized spacial score (nSPS) is 20.1. The fraction of sp³-hybridized carbons (Fsp3) is 0.480. The van der Waals surface area contributed by atoms with E-state index in [1.54, 1.807) is 16.2 Å². The molecule has 2 fully saturated rings. The molecule has 0 saturated carbocycles. The van der Waals surface area contributed by atoms with E-state index in [2.05, 4.69) is 61.0 Å². The molecule has 180 valence electrons. The lowest BCUT2D eigenvalue weighted by molar-refractivity contribution is 0.177. The summed E-state index contributed by atoms with van der Waals surface area (Å²) in [7, 11) is 0. The van der Waals surface area contributed by atoms with E-state index in [9.17, 15) is 4.79 Å². The molecule has 2 saturated heterocycles. The van der Waals surface area contributed by atoms with Gasteiger partial charge in [0.15, 0.2) is 5.82 Å². The van der Waals surface area contributed by atoms with Crippen molar-refractivity contribution < 1.29 is 9.53 Å². The van der Waals surface area contributed by atoms with Gasteiger partial charge in [0.2, 0.25) is 5.95 Å². The highest BCUT2D eigenvalue weighted by Gasteiger charge is 2.38. The van der Waals surface area contributed by atoms with E-state index in [4.69, 9.17) is 14.7 Å². The van der Waals surface area contributed by atoms with Crippen LogP contribution in [0, 0.1) is 5.92 Å². The Morgan fingerprint density at radius 1 is 1.12 bits per heavy atom. The number of aromatic nitrogens is 2. The summed E-state index contributed by atoms with van der Waals surface area (Å²) >= 11 is 1.54. The summed E-state index contributed by atoms with van der Waals surface area (Å²) in [5, 5.41) is 12.5. The van der Waals surface area contributed by atoms with Crippen LogP contribution in [0.5, 0.6) is 0 Å². The molecule has 34 heavy (non-hydrogen) atoms. The Kier molecular flexibility index (Phi) is 6.56. The summed E-state index contributed by atoms with van der Waals surface area (Å²) in [4.78, 5) is 23.8. The first-order valence-corrected chi connectivity index (χ1v) is 12.9. The molecule has 5 rings (SSSR count). The highest BCUT2D eigenvalue weighted by Crippen LogP contribution is 2.35. The molecule has 3 aromatic rings. The molecule has 2 aromatic heterocycles. The van der Waals surface area contributed by atoms with Crippen molar-refractivity contribution in [3.05, 3.63) is 41.3 Å². The molecule has 4 heterocycles. The van der Waals surface area contributed by atoms with Gasteiger partial charge in [-0.3, -0.25) is 4.90 Å². The van der Waals surface area contributed by atoms with Crippen molar-refractivity contribution in [3.63, 3.8) is 0 Å². The topological polar surface area (TPSA) is 91.4 Å². The first-order valence-electron chi connectivity index (χ1n) is 12.0. The van der Waals surface area contributed by atoms with Crippen molar-refractivity contribution in [2.24, 2.45) is 5.92 Å². The van der Waals surface area contributed by atoms with Crippen molar-refractivity contribution in [2.75, 3.05) is 35.2 Å². The number of nitrogens with zero attached hydrogens (tertiary/aromatic N) is 3. The second-order valence-electron chi connectivity index (χ2n) is 9.42. The minimum absolute atomic E-state index is 0.00305. The van der Waals surface area contributed by atoms with Crippen molar-refractivity contribution in [3.8, 4) is 0 Å². The largest absolute Gasteiger partial charge is 0.447 e. The zero-order valence-electron chi connectivity index (χ0n) is 19.9. The van der Waals surface area contributed by atoms with Gasteiger partial charge in [-0.15, -0.1) is 11.3 Å². The summed E-state index contributed by atoms with van der Waals surface area (Å²) in [5.74, 6) is 1.38. The van der Waals surface area contributed by atoms with Gasteiger partial charge in [-0.05, 0) is 67.9 Å². The maximum absolute atomic E-state index is 12.6. The summed E-state index contributed by atoms with van der Waals surface area (Å²) in [6, 6.07) is 11.0. The van der Waals surface area contributed by atoms with Crippen LogP contribution < -0.4 is 20.9 Å². The van der Waals surface area contributed by atoms with Gasteiger partial charge in [0.05, 0.1) is 22.3 Å². The van der Waals surface area contributed by atoms with Gasteiger partial charge >= 0.3 is 6.09 Å². The second-order valence-corrected chi connectivity index (χ2v) is 10.3. The van der Waals surface area contributed by atoms with Crippen LogP contribution in [0.15, 0.2) is 35.7 Å². The van der Waals surface area contributed by atoms with E-state index in [0.717, 1.165) is 47.4 Å². The van der Waals surface area contributed by atoms with Gasteiger partial charge in [-0.1, -0.05) is 26.0 Å². The van der Waals surface area contributed by atoms with Gasteiger partial charge in [-0.2, -0.15) is 4.98 Å². The summed E-state index contributed by atoms with van der Waals surface area (Å²) in [6.45, 7) is 8.80. The number of ether oxygens (including phenoxy) is 1. The first kappa shape index (κ1) is 22.9. The van der Waals surface area contributed by atoms with E-state index in [0.29, 0.717) is 24.4 Å². The average molecular weight is 481 g/mol. The lowest BCUT2D eigenvalue weighted by atomic mass is 10.0. The van der Waals surface area contributed by atoms with Crippen LogP contribution in [0.1, 0.15) is 45.2 Å². The van der Waals surface area contributed by atoms with Crippen LogP contribution in [0.3, 0.4) is 0 Å². The number of cyclic esters (lactones) is 1. The summed E-state index contributed by atoms with van der Waals surface area (Å²) < 4.78 is 6.28. The van der Waals surface area contributed by atoms with Gasteiger partial charge < -0.3 is 20.7 Å². The van der Waals surface area contributed by atoms with E-state index >= 15 is 0 Å². The Morgan fingerprint density at radius 3 is 2.62 bits per heavy atom. The number of fused-ring (bicyclic) bond motifs is 1. The smallest absolute Gasteiger partial charge is 0.415 e. The van der Waals surface area contributed by atoms with Gasteiger partial charge in [-0.25, -0.2) is 9.78 Å². The van der Waals surface area contributed by atoms with Crippen LogP contribution in [-0.2, 0) is 4.74 Å². The molecular formula is C25H32N6O2S. The predicted octanol–water partition coefficient (Wildman–Crippen LogP) is 5.01. The molecule has 9 heteroatoms. The highest BCUT2D eigenvalue weighted by atomic mass is 32.1. The molecule has 2 aliphatic rings. The molecule has 0 aliphatic carbocycles. The fourth-order valence-corrected chi connectivity index (χ4v) is 5.41. The van der Waals surface area contributed by atoms with Crippen molar-refractivity contribution >= 4 is 45.1 Å². The highest BCUT2D eigenvalue weighted by molar-refractivity contribution is 7.17. The number of amides is 1. The number of hydrogen-bond donors (Lipinski definition) is 3. The van der Waals surface area contributed by atoms with E-state index in [-0.39, 0.29) is 24.1 Å². The monoisotopic (exact) mass is 480 g/mol. The van der Waals surface area contributed by atoms with Crippen molar-refractivity contribution in [1.82, 2.24) is 15.3 Å². The SMILES string of the molecule is CC(C)[C@H]1COC(=O)N1c1nc(N[C@@H](C)c2ccc(NC3CCNCC3)cc2)nc2ccsc12. The standard InChI is InChI=1S/C25H32N6O2S/c1-15(2)21-14-33-25(32)31(21)23-22-20(10-13-34-22)29-24(30-23)27-16(3)17-4-6-18(7-5-17)28-19-8-11-26-12-9-19/h4-7,10,13,15-16,19,21,26,28H,8-9,11-12,14H2,1-3H3,(H,27,29,30)/t16-,21+/m0/s1. The molecular weight excluding hydrogens is 448 g/mol. The zero-order valence-corrected chi connectivity index (χ0v) is 20.7. The van der Waals surface area contributed by atoms with E-state index < -0.39 is 0 Å². The lowest BCUT2D eigenvalue weighted by Gasteiger charge is -2.25. The number of piperidine rings is 1. The number of nitrogens with one attached hydrogen (secondary N) is 3. The fourth-order valence-electron chi connectivity index (χ4n) is 4.59. The third-order valence-electron chi connectivity index (χ3n) is 6.66. The molecule has 0 radical (unpaired) electrons. The van der Waals surface area contributed by atoms with Gasteiger partial charge in [0, 0.05) is 11.7 Å². The van der Waals surface area contributed by atoms with Gasteiger partial charge in [0.1, 0.15) is 6.61 Å². The Morgan fingerprint density at radius 2 is 1.88 bits per heavy atom. The first-order chi connectivity index (χ1) is 16.5. The molecule has 0 spiro atoms. The number of carbonyl (C=O) groups is 1. The Bertz CT molecular complexity index is 1140. The van der Waals surface area contributed by atoms with Crippen LogP contribution in [0.2, 0.25) is 0 Å². The molecule has 1 aromatic carbocycles. The molecule has 3 N–H and O–H groups in total. The second kappa shape index (κ2) is 9.76. The van der Waals surface area contributed by atoms with Crippen molar-refractivity contribution in [1.29, 1.82) is 0 Å². The molecule has 8 nitrogen and oxygen atoms in total. The Hall–Kier alpha value is -2.91. The molecule has 2 atom stereocenters. The quantitative estimate of drug-likeness (QED) is 0.438. The Balaban J connectivity index is 1.35.